The van der Waals surface area contributed by atoms with Crippen LogP contribution in [-0.2, 0) is 4.79 Å². The van der Waals surface area contributed by atoms with E-state index in [1.165, 1.54) is 5.56 Å². The molecule has 1 aromatic carbocycles. The lowest BCUT2D eigenvalue weighted by Crippen LogP contribution is -1.95. The highest BCUT2D eigenvalue weighted by atomic mass is 32.2. The lowest BCUT2D eigenvalue weighted by Gasteiger charge is -1.94. The van der Waals surface area contributed by atoms with E-state index in [4.69, 9.17) is 5.11 Å². The van der Waals surface area contributed by atoms with E-state index in [-0.39, 0.29) is 6.42 Å². The number of carbonyl (C=O) groups is 1. The highest BCUT2D eigenvalue weighted by Gasteiger charge is 1.94. The molecule has 0 atom stereocenters. The molecular formula is C12H14O2S. The van der Waals surface area contributed by atoms with E-state index in [2.05, 4.69) is 6.08 Å². The Kier molecular flexibility index (Phi) is 5.63. The Labute approximate surface area is 94.0 Å². The summed E-state index contributed by atoms with van der Waals surface area (Å²) in [6.45, 7) is 0. The van der Waals surface area contributed by atoms with Gasteiger partial charge in [0, 0.05) is 11.5 Å². The van der Waals surface area contributed by atoms with Crippen LogP contribution in [0, 0.1) is 0 Å². The smallest absolute Gasteiger partial charge is 0.304 e. The summed E-state index contributed by atoms with van der Waals surface area (Å²) in [5.41, 5.74) is 1.18. The summed E-state index contributed by atoms with van der Waals surface area (Å²) in [5, 5.41) is 8.42. The SMILES string of the molecule is O=C(O)CCSC/C=C/c1ccccc1. The first-order valence-corrected chi connectivity index (χ1v) is 5.95. The molecule has 1 N–H and O–H groups in total. The fourth-order valence-electron chi connectivity index (χ4n) is 1.06. The molecule has 80 valence electrons. The molecule has 0 aliphatic carbocycles. The van der Waals surface area contributed by atoms with Gasteiger partial charge in [-0.15, -0.1) is 0 Å². The molecule has 0 fully saturated rings. The van der Waals surface area contributed by atoms with Crippen LogP contribution in [0.2, 0.25) is 0 Å². The van der Waals surface area contributed by atoms with Crippen LogP contribution in [0.3, 0.4) is 0 Å². The van der Waals surface area contributed by atoms with Gasteiger partial charge in [0.15, 0.2) is 0 Å². The van der Waals surface area contributed by atoms with Gasteiger partial charge in [-0.2, -0.15) is 11.8 Å². The highest BCUT2D eigenvalue weighted by Crippen LogP contribution is 2.06. The van der Waals surface area contributed by atoms with Crippen LogP contribution >= 0.6 is 11.8 Å². The van der Waals surface area contributed by atoms with Crippen LogP contribution in [0.5, 0.6) is 0 Å². The third-order valence-electron chi connectivity index (χ3n) is 1.78. The molecule has 0 aromatic heterocycles. The first-order valence-electron chi connectivity index (χ1n) is 4.80. The Hall–Kier alpha value is -1.22. The fraction of sp³-hybridized carbons (Fsp3) is 0.250. The molecular weight excluding hydrogens is 208 g/mol. The Morgan fingerprint density at radius 2 is 2.07 bits per heavy atom. The van der Waals surface area contributed by atoms with Gasteiger partial charge in [0.2, 0.25) is 0 Å². The molecule has 2 nitrogen and oxygen atoms in total. The maximum atomic E-state index is 10.2. The second-order valence-electron chi connectivity index (χ2n) is 3.03. The second-order valence-corrected chi connectivity index (χ2v) is 4.18. The van der Waals surface area contributed by atoms with Crippen LogP contribution in [0.4, 0.5) is 0 Å². The first kappa shape index (κ1) is 11.9. The second kappa shape index (κ2) is 7.12. The van der Waals surface area contributed by atoms with Crippen LogP contribution < -0.4 is 0 Å². The zero-order chi connectivity index (χ0) is 10.9. The topological polar surface area (TPSA) is 37.3 Å². The van der Waals surface area contributed by atoms with Crippen molar-refractivity contribution in [2.45, 2.75) is 6.42 Å². The number of hydrogen-bond donors (Lipinski definition) is 1. The summed E-state index contributed by atoms with van der Waals surface area (Å²) in [6.07, 6.45) is 4.35. The zero-order valence-corrected chi connectivity index (χ0v) is 9.24. The van der Waals surface area contributed by atoms with Crippen molar-refractivity contribution in [3.05, 3.63) is 42.0 Å². The Morgan fingerprint density at radius 1 is 1.33 bits per heavy atom. The van der Waals surface area contributed by atoms with E-state index in [0.717, 1.165) is 5.75 Å². The zero-order valence-electron chi connectivity index (χ0n) is 8.43. The molecule has 0 aliphatic heterocycles. The minimum Gasteiger partial charge on any atom is -0.481 e. The van der Waals surface area contributed by atoms with Crippen LogP contribution in [0.1, 0.15) is 12.0 Å². The molecule has 0 saturated carbocycles. The van der Waals surface area contributed by atoms with Crippen LogP contribution in [0.25, 0.3) is 6.08 Å². The molecule has 0 amide bonds. The fourth-order valence-corrected chi connectivity index (χ4v) is 1.78. The van der Waals surface area contributed by atoms with Gasteiger partial charge in [-0.25, -0.2) is 0 Å². The van der Waals surface area contributed by atoms with Gasteiger partial charge in [-0.3, -0.25) is 4.79 Å². The van der Waals surface area contributed by atoms with Gasteiger partial charge < -0.3 is 5.11 Å². The molecule has 0 radical (unpaired) electrons. The summed E-state index contributed by atoms with van der Waals surface area (Å²) in [4.78, 5) is 10.2. The van der Waals surface area contributed by atoms with E-state index in [1.807, 2.05) is 36.4 Å². The van der Waals surface area contributed by atoms with Crippen molar-refractivity contribution in [3.63, 3.8) is 0 Å². The third-order valence-corrected chi connectivity index (χ3v) is 2.71. The molecule has 1 rings (SSSR count). The molecule has 0 bridgehead atoms. The normalized spacial score (nSPS) is 10.7. The predicted octanol–water partition coefficient (Wildman–Crippen LogP) is 2.91. The molecule has 1 aromatic rings. The van der Waals surface area contributed by atoms with Gasteiger partial charge in [0.25, 0.3) is 0 Å². The van der Waals surface area contributed by atoms with Crippen molar-refractivity contribution in [1.82, 2.24) is 0 Å². The number of hydrogen-bond acceptors (Lipinski definition) is 2. The largest absolute Gasteiger partial charge is 0.481 e. The number of carboxylic acid groups (broad SMARTS) is 1. The summed E-state index contributed by atoms with van der Waals surface area (Å²) < 4.78 is 0. The Balaban J connectivity index is 2.15. The quantitative estimate of drug-likeness (QED) is 0.752. The van der Waals surface area contributed by atoms with E-state index < -0.39 is 5.97 Å². The molecule has 0 unspecified atom stereocenters. The lowest BCUT2D eigenvalue weighted by atomic mass is 10.2. The van der Waals surface area contributed by atoms with Crippen molar-refractivity contribution >= 4 is 23.8 Å². The number of rotatable bonds is 6. The molecule has 0 spiro atoms. The summed E-state index contributed by atoms with van der Waals surface area (Å²) >= 11 is 1.63. The summed E-state index contributed by atoms with van der Waals surface area (Å²) in [7, 11) is 0. The molecule has 0 aliphatic rings. The summed E-state index contributed by atoms with van der Waals surface area (Å²) in [5.74, 6) is 0.811. The minimum atomic E-state index is -0.727. The number of thioether (sulfide) groups is 1. The van der Waals surface area contributed by atoms with E-state index in [9.17, 15) is 4.79 Å². The van der Waals surface area contributed by atoms with Crippen LogP contribution in [0.15, 0.2) is 36.4 Å². The molecule has 0 saturated heterocycles. The van der Waals surface area contributed by atoms with Crippen molar-refractivity contribution < 1.29 is 9.90 Å². The van der Waals surface area contributed by atoms with Crippen LogP contribution in [-0.4, -0.2) is 22.6 Å². The number of aliphatic carboxylic acids is 1. The lowest BCUT2D eigenvalue weighted by molar-refractivity contribution is -0.136. The molecule has 3 heteroatoms. The number of carboxylic acids is 1. The van der Waals surface area contributed by atoms with Crippen molar-refractivity contribution in [3.8, 4) is 0 Å². The monoisotopic (exact) mass is 222 g/mol. The maximum Gasteiger partial charge on any atom is 0.304 e. The summed E-state index contributed by atoms with van der Waals surface area (Å²) in [6, 6.07) is 10.1. The van der Waals surface area contributed by atoms with Gasteiger partial charge in [0.05, 0.1) is 6.42 Å². The highest BCUT2D eigenvalue weighted by molar-refractivity contribution is 7.99. The first-order chi connectivity index (χ1) is 7.29. The van der Waals surface area contributed by atoms with E-state index in [0.29, 0.717) is 5.75 Å². The number of benzene rings is 1. The van der Waals surface area contributed by atoms with Crippen molar-refractivity contribution in [2.24, 2.45) is 0 Å². The van der Waals surface area contributed by atoms with Gasteiger partial charge >= 0.3 is 5.97 Å². The van der Waals surface area contributed by atoms with Crippen molar-refractivity contribution in [1.29, 1.82) is 0 Å². The van der Waals surface area contributed by atoms with Crippen molar-refractivity contribution in [2.75, 3.05) is 11.5 Å². The predicted molar refractivity (Wildman–Crippen MR) is 65.1 cm³/mol. The minimum absolute atomic E-state index is 0.240. The Morgan fingerprint density at radius 3 is 2.73 bits per heavy atom. The Bertz CT molecular complexity index is 320. The van der Waals surface area contributed by atoms with E-state index >= 15 is 0 Å². The maximum absolute atomic E-state index is 10.2. The average Bonchev–Trinajstić information content (AvgIpc) is 2.24. The van der Waals surface area contributed by atoms with Gasteiger partial charge in [0.1, 0.15) is 0 Å². The molecule has 0 heterocycles. The molecule has 15 heavy (non-hydrogen) atoms. The standard InChI is InChI=1S/C12H14O2S/c13-12(14)8-10-15-9-4-7-11-5-2-1-3-6-11/h1-7H,8-10H2,(H,13,14)/b7-4+. The van der Waals surface area contributed by atoms with Gasteiger partial charge in [-0.05, 0) is 5.56 Å². The van der Waals surface area contributed by atoms with E-state index in [1.54, 1.807) is 11.8 Å². The van der Waals surface area contributed by atoms with Gasteiger partial charge in [-0.1, -0.05) is 42.5 Å². The third kappa shape index (κ3) is 5.96. The average molecular weight is 222 g/mol.